The third-order valence-corrected chi connectivity index (χ3v) is 5.06. The highest BCUT2D eigenvalue weighted by Gasteiger charge is 2.31. The van der Waals surface area contributed by atoms with Crippen molar-refractivity contribution in [3.8, 4) is 11.3 Å². The van der Waals surface area contributed by atoms with Crippen LogP contribution in [0.15, 0.2) is 22.7 Å². The van der Waals surface area contributed by atoms with Crippen LogP contribution in [0.3, 0.4) is 0 Å². The van der Waals surface area contributed by atoms with E-state index in [1.54, 1.807) is 25.1 Å². The molecule has 2 unspecified atom stereocenters. The maximum atomic E-state index is 13.1. The zero-order valence-corrected chi connectivity index (χ0v) is 15.5. The molecule has 24 heavy (non-hydrogen) atoms. The molecular formula is C18H20Cl2N2O2. The van der Waals surface area contributed by atoms with Gasteiger partial charge in [0.25, 0.3) is 5.91 Å². The molecule has 0 spiro atoms. The minimum atomic E-state index is -0.0712. The largest absolute Gasteiger partial charge is 0.360 e. The molecule has 128 valence electrons. The van der Waals surface area contributed by atoms with Crippen molar-refractivity contribution in [2.45, 2.75) is 27.2 Å². The Morgan fingerprint density at radius 3 is 2.38 bits per heavy atom. The lowest BCUT2D eigenvalue weighted by atomic mass is 9.91. The van der Waals surface area contributed by atoms with E-state index in [2.05, 4.69) is 19.0 Å². The first-order chi connectivity index (χ1) is 11.4. The lowest BCUT2D eigenvalue weighted by Gasteiger charge is -2.35. The molecule has 2 heterocycles. The number of likely N-dealkylation sites (tertiary alicyclic amines) is 1. The van der Waals surface area contributed by atoms with E-state index in [4.69, 9.17) is 27.7 Å². The van der Waals surface area contributed by atoms with Crippen molar-refractivity contribution < 1.29 is 9.32 Å². The number of halogens is 2. The molecule has 1 aliphatic rings. The van der Waals surface area contributed by atoms with Crippen molar-refractivity contribution in [3.63, 3.8) is 0 Å². The number of carbonyl (C=O) groups is 1. The fourth-order valence-corrected chi connectivity index (χ4v) is 4.08. The summed E-state index contributed by atoms with van der Waals surface area (Å²) < 4.78 is 5.31. The number of nitrogens with zero attached hydrogens (tertiary/aromatic N) is 2. The monoisotopic (exact) mass is 366 g/mol. The fraction of sp³-hybridized carbons (Fsp3) is 0.444. The van der Waals surface area contributed by atoms with Gasteiger partial charge in [0, 0.05) is 18.7 Å². The highest BCUT2D eigenvalue weighted by Crippen LogP contribution is 2.37. The maximum Gasteiger partial charge on any atom is 0.259 e. The van der Waals surface area contributed by atoms with Crippen LogP contribution in [-0.2, 0) is 0 Å². The first-order valence-corrected chi connectivity index (χ1v) is 8.84. The van der Waals surface area contributed by atoms with Gasteiger partial charge < -0.3 is 9.42 Å². The molecule has 1 aromatic heterocycles. The molecule has 0 saturated carbocycles. The average Bonchev–Trinajstić information content (AvgIpc) is 2.87. The number of amides is 1. The van der Waals surface area contributed by atoms with E-state index in [-0.39, 0.29) is 5.91 Å². The standard InChI is InChI=1S/C18H20Cl2N2O2/c1-10-7-11(2)9-22(8-10)18(23)15-12(3)24-21-17(15)16-13(19)5-4-6-14(16)20/h4-6,10-11H,7-9H2,1-3H3. The van der Waals surface area contributed by atoms with Crippen LogP contribution in [0.4, 0.5) is 0 Å². The second kappa shape index (κ2) is 6.77. The van der Waals surface area contributed by atoms with Crippen molar-refractivity contribution in [3.05, 3.63) is 39.6 Å². The number of aryl methyl sites for hydroxylation is 1. The lowest BCUT2D eigenvalue weighted by molar-refractivity contribution is 0.0622. The molecule has 4 nitrogen and oxygen atoms in total. The van der Waals surface area contributed by atoms with Gasteiger partial charge in [0.1, 0.15) is 17.0 Å². The fourth-order valence-electron chi connectivity index (χ4n) is 3.51. The predicted octanol–water partition coefficient (Wildman–Crippen LogP) is 5.07. The number of rotatable bonds is 2. The number of benzene rings is 1. The minimum absolute atomic E-state index is 0.0712. The quantitative estimate of drug-likeness (QED) is 0.744. The first-order valence-electron chi connectivity index (χ1n) is 8.08. The second-order valence-electron chi connectivity index (χ2n) is 6.72. The Morgan fingerprint density at radius 1 is 1.21 bits per heavy atom. The lowest BCUT2D eigenvalue weighted by Crippen LogP contribution is -2.42. The van der Waals surface area contributed by atoms with Crippen molar-refractivity contribution in [1.29, 1.82) is 0 Å². The molecule has 3 rings (SSSR count). The van der Waals surface area contributed by atoms with Crippen molar-refractivity contribution in [1.82, 2.24) is 10.1 Å². The number of hydrogen-bond donors (Lipinski definition) is 0. The van der Waals surface area contributed by atoms with Crippen LogP contribution >= 0.6 is 23.2 Å². The van der Waals surface area contributed by atoms with Gasteiger partial charge in [-0.2, -0.15) is 0 Å². The molecule has 6 heteroatoms. The molecule has 1 fully saturated rings. The van der Waals surface area contributed by atoms with E-state index < -0.39 is 0 Å². The summed E-state index contributed by atoms with van der Waals surface area (Å²) in [4.78, 5) is 15.0. The van der Waals surface area contributed by atoms with E-state index >= 15 is 0 Å². The first kappa shape index (κ1) is 17.3. The SMILES string of the molecule is Cc1onc(-c2c(Cl)cccc2Cl)c1C(=O)N1CC(C)CC(C)C1. The van der Waals surface area contributed by atoms with Gasteiger partial charge in [-0.15, -0.1) is 0 Å². The van der Waals surface area contributed by atoms with Crippen LogP contribution in [0, 0.1) is 18.8 Å². The van der Waals surface area contributed by atoms with E-state index in [1.165, 1.54) is 0 Å². The van der Waals surface area contributed by atoms with Gasteiger partial charge in [0.2, 0.25) is 0 Å². The molecule has 1 aliphatic heterocycles. The Balaban J connectivity index is 2.03. The summed E-state index contributed by atoms with van der Waals surface area (Å²) in [6, 6.07) is 5.22. The molecule has 2 atom stereocenters. The molecule has 0 radical (unpaired) electrons. The summed E-state index contributed by atoms with van der Waals surface area (Å²) in [6.45, 7) is 7.56. The van der Waals surface area contributed by atoms with Gasteiger partial charge in [-0.3, -0.25) is 4.79 Å². The molecule has 0 N–H and O–H groups in total. The minimum Gasteiger partial charge on any atom is -0.360 e. The third-order valence-electron chi connectivity index (χ3n) is 4.43. The number of piperidine rings is 1. The van der Waals surface area contributed by atoms with E-state index in [1.807, 2.05) is 4.90 Å². The van der Waals surface area contributed by atoms with Gasteiger partial charge >= 0.3 is 0 Å². The van der Waals surface area contributed by atoms with Gasteiger partial charge in [-0.25, -0.2) is 0 Å². The molecule has 1 saturated heterocycles. The Morgan fingerprint density at radius 2 is 1.79 bits per heavy atom. The summed E-state index contributed by atoms with van der Waals surface area (Å²) >= 11 is 12.6. The molecular weight excluding hydrogens is 347 g/mol. The van der Waals surface area contributed by atoms with Gasteiger partial charge in [-0.1, -0.05) is 48.3 Å². The van der Waals surface area contributed by atoms with E-state index in [0.29, 0.717) is 44.5 Å². The average molecular weight is 367 g/mol. The zero-order valence-electron chi connectivity index (χ0n) is 14.0. The molecule has 1 amide bonds. The van der Waals surface area contributed by atoms with E-state index in [0.717, 1.165) is 19.5 Å². The Bertz CT molecular complexity index is 742. The molecule has 0 bridgehead atoms. The van der Waals surface area contributed by atoms with Crippen LogP contribution < -0.4 is 0 Å². The van der Waals surface area contributed by atoms with Crippen LogP contribution in [0.25, 0.3) is 11.3 Å². The Kier molecular flexibility index (Phi) is 4.88. The van der Waals surface area contributed by atoms with E-state index in [9.17, 15) is 4.79 Å². The van der Waals surface area contributed by atoms with Crippen LogP contribution in [0.1, 0.15) is 36.4 Å². The highest BCUT2D eigenvalue weighted by molar-refractivity contribution is 6.39. The van der Waals surface area contributed by atoms with Gasteiger partial charge in [0.15, 0.2) is 0 Å². The second-order valence-corrected chi connectivity index (χ2v) is 7.53. The number of hydrogen-bond acceptors (Lipinski definition) is 3. The van der Waals surface area contributed by atoms with Crippen molar-refractivity contribution in [2.24, 2.45) is 11.8 Å². The zero-order chi connectivity index (χ0) is 17.4. The number of carbonyl (C=O) groups excluding carboxylic acids is 1. The molecule has 2 aromatic rings. The topological polar surface area (TPSA) is 46.3 Å². The summed E-state index contributed by atoms with van der Waals surface area (Å²) in [7, 11) is 0. The predicted molar refractivity (Wildman–Crippen MR) is 95.5 cm³/mol. The highest BCUT2D eigenvalue weighted by atomic mass is 35.5. The summed E-state index contributed by atoms with van der Waals surface area (Å²) in [5.74, 6) is 1.37. The van der Waals surface area contributed by atoms with Crippen LogP contribution in [0.2, 0.25) is 10.0 Å². The Labute approximate surface area is 151 Å². The molecule has 0 aliphatic carbocycles. The Hall–Kier alpha value is -1.52. The molecule has 1 aromatic carbocycles. The van der Waals surface area contributed by atoms with Crippen molar-refractivity contribution in [2.75, 3.05) is 13.1 Å². The smallest absolute Gasteiger partial charge is 0.259 e. The maximum absolute atomic E-state index is 13.1. The summed E-state index contributed by atoms with van der Waals surface area (Å²) in [5, 5.41) is 4.97. The van der Waals surface area contributed by atoms with Crippen LogP contribution in [-0.4, -0.2) is 29.1 Å². The normalized spacial score (nSPS) is 21.1. The van der Waals surface area contributed by atoms with Crippen molar-refractivity contribution >= 4 is 29.1 Å². The van der Waals surface area contributed by atoms with Gasteiger partial charge in [0.05, 0.1) is 10.0 Å². The third kappa shape index (κ3) is 3.17. The van der Waals surface area contributed by atoms with Crippen LogP contribution in [0.5, 0.6) is 0 Å². The van der Waals surface area contributed by atoms with Gasteiger partial charge in [-0.05, 0) is 37.3 Å². The number of aromatic nitrogens is 1. The summed E-state index contributed by atoms with van der Waals surface area (Å²) in [6.07, 6.45) is 1.13. The summed E-state index contributed by atoms with van der Waals surface area (Å²) in [5.41, 5.74) is 1.41.